The molecule has 70 valence electrons. The molecule has 0 saturated heterocycles. The van der Waals surface area contributed by atoms with Crippen LogP contribution < -0.4 is 0 Å². The van der Waals surface area contributed by atoms with Crippen LogP contribution in [0.3, 0.4) is 0 Å². The van der Waals surface area contributed by atoms with Gasteiger partial charge in [0.15, 0.2) is 0 Å². The molecule has 0 aromatic heterocycles. The Morgan fingerprint density at radius 2 is 1.50 bits per heavy atom. The van der Waals surface area contributed by atoms with E-state index in [2.05, 4.69) is 0 Å². The highest BCUT2D eigenvalue weighted by molar-refractivity contribution is 5.74. The zero-order valence-corrected chi connectivity index (χ0v) is 7.96. The first-order valence-electron chi connectivity index (χ1n) is 4.13. The summed E-state index contributed by atoms with van der Waals surface area (Å²) in [5.41, 5.74) is -0.981. The summed E-state index contributed by atoms with van der Waals surface area (Å²) in [4.78, 5) is 10.8. The molecule has 1 rings (SSSR count). The Morgan fingerprint density at radius 1 is 1.17 bits per heavy atom. The third kappa shape index (κ3) is 0.891. The molecular formula is C9H16O3. The lowest BCUT2D eigenvalue weighted by molar-refractivity contribution is -0.222. The predicted molar refractivity (Wildman–Crippen MR) is 44.7 cm³/mol. The maximum absolute atomic E-state index is 10.8. The van der Waals surface area contributed by atoms with Crippen molar-refractivity contribution in [3.63, 3.8) is 0 Å². The molecule has 1 fully saturated rings. The van der Waals surface area contributed by atoms with Gasteiger partial charge in [0.05, 0.1) is 12.0 Å². The Labute approximate surface area is 72.4 Å². The fourth-order valence-electron chi connectivity index (χ4n) is 2.77. The summed E-state index contributed by atoms with van der Waals surface area (Å²) in [5, 5.41) is 18.6. The molecule has 0 unspecified atom stereocenters. The van der Waals surface area contributed by atoms with E-state index in [1.165, 1.54) is 0 Å². The SMILES string of the molecule is CC1(C)C(O)C(C)(C)C1C(=O)O. The van der Waals surface area contributed by atoms with Gasteiger partial charge in [0.2, 0.25) is 0 Å². The molecule has 0 heterocycles. The summed E-state index contributed by atoms with van der Waals surface area (Å²) in [6, 6.07) is 0. The minimum atomic E-state index is -0.810. The zero-order valence-electron chi connectivity index (χ0n) is 7.96. The van der Waals surface area contributed by atoms with Crippen LogP contribution in [0.5, 0.6) is 0 Å². The van der Waals surface area contributed by atoms with Gasteiger partial charge in [-0.3, -0.25) is 4.79 Å². The number of carbonyl (C=O) groups is 1. The van der Waals surface area contributed by atoms with Crippen LogP contribution in [0.4, 0.5) is 0 Å². The van der Waals surface area contributed by atoms with Gasteiger partial charge in [-0.05, 0) is 0 Å². The molecule has 3 nitrogen and oxygen atoms in total. The summed E-state index contributed by atoms with van der Waals surface area (Å²) in [7, 11) is 0. The van der Waals surface area contributed by atoms with Crippen molar-refractivity contribution in [3.8, 4) is 0 Å². The van der Waals surface area contributed by atoms with Crippen LogP contribution >= 0.6 is 0 Å². The van der Waals surface area contributed by atoms with Gasteiger partial charge in [-0.15, -0.1) is 0 Å². The van der Waals surface area contributed by atoms with Crippen molar-refractivity contribution < 1.29 is 15.0 Å². The van der Waals surface area contributed by atoms with E-state index in [1.807, 2.05) is 0 Å². The normalized spacial score (nSPS) is 37.1. The first-order chi connectivity index (χ1) is 5.22. The van der Waals surface area contributed by atoms with Crippen LogP contribution in [0.1, 0.15) is 27.7 Å². The van der Waals surface area contributed by atoms with Crippen molar-refractivity contribution >= 4 is 5.97 Å². The quantitative estimate of drug-likeness (QED) is 0.623. The lowest BCUT2D eigenvalue weighted by atomic mass is 9.46. The van der Waals surface area contributed by atoms with Gasteiger partial charge in [0.25, 0.3) is 0 Å². The van der Waals surface area contributed by atoms with Crippen molar-refractivity contribution in [3.05, 3.63) is 0 Å². The van der Waals surface area contributed by atoms with Crippen LogP contribution in [0.2, 0.25) is 0 Å². The van der Waals surface area contributed by atoms with Gasteiger partial charge in [0, 0.05) is 10.8 Å². The van der Waals surface area contributed by atoms with E-state index < -0.39 is 28.8 Å². The van der Waals surface area contributed by atoms with Crippen molar-refractivity contribution in [2.75, 3.05) is 0 Å². The fourth-order valence-corrected chi connectivity index (χ4v) is 2.77. The summed E-state index contributed by atoms with van der Waals surface area (Å²) < 4.78 is 0. The minimum absolute atomic E-state index is 0.444. The van der Waals surface area contributed by atoms with Crippen LogP contribution in [-0.4, -0.2) is 22.3 Å². The van der Waals surface area contributed by atoms with Gasteiger partial charge >= 0.3 is 5.97 Å². The van der Waals surface area contributed by atoms with Crippen LogP contribution in [0.15, 0.2) is 0 Å². The first kappa shape index (κ1) is 9.52. The molecule has 0 amide bonds. The average Bonchev–Trinajstić information content (AvgIpc) is 1.83. The molecule has 3 heteroatoms. The minimum Gasteiger partial charge on any atom is -0.481 e. The number of aliphatic hydroxyl groups is 1. The van der Waals surface area contributed by atoms with Gasteiger partial charge in [-0.25, -0.2) is 0 Å². The third-order valence-electron chi connectivity index (χ3n) is 3.14. The Kier molecular flexibility index (Phi) is 1.76. The molecule has 2 N–H and O–H groups in total. The lowest BCUT2D eigenvalue weighted by Gasteiger charge is -2.59. The van der Waals surface area contributed by atoms with Crippen molar-refractivity contribution in [2.45, 2.75) is 33.8 Å². The topological polar surface area (TPSA) is 57.5 Å². The Hall–Kier alpha value is -0.570. The van der Waals surface area contributed by atoms with Crippen molar-refractivity contribution in [2.24, 2.45) is 16.7 Å². The third-order valence-corrected chi connectivity index (χ3v) is 3.14. The maximum atomic E-state index is 10.8. The van der Waals surface area contributed by atoms with Crippen molar-refractivity contribution in [1.29, 1.82) is 0 Å². The van der Waals surface area contributed by atoms with Crippen LogP contribution in [0.25, 0.3) is 0 Å². The summed E-state index contributed by atoms with van der Waals surface area (Å²) in [6.07, 6.45) is -0.522. The molecule has 0 atom stereocenters. The monoisotopic (exact) mass is 172 g/mol. The summed E-state index contributed by atoms with van der Waals surface area (Å²) in [5.74, 6) is -1.25. The van der Waals surface area contributed by atoms with E-state index >= 15 is 0 Å². The molecule has 0 radical (unpaired) electrons. The lowest BCUT2D eigenvalue weighted by Crippen LogP contribution is -2.66. The summed E-state index contributed by atoms with van der Waals surface area (Å²) >= 11 is 0. The molecule has 0 bridgehead atoms. The van der Waals surface area contributed by atoms with Gasteiger partial charge < -0.3 is 10.2 Å². The van der Waals surface area contributed by atoms with Gasteiger partial charge in [-0.1, -0.05) is 27.7 Å². The van der Waals surface area contributed by atoms with E-state index in [0.717, 1.165) is 0 Å². The maximum Gasteiger partial charge on any atom is 0.307 e. The summed E-state index contributed by atoms with van der Waals surface area (Å²) in [6.45, 7) is 7.17. The standard InChI is InChI=1S/C9H16O3/c1-8(2)5(6(10)11)9(3,4)7(8)12/h5,7,12H,1-4H3,(H,10,11). The van der Waals surface area contributed by atoms with Gasteiger partial charge in [-0.2, -0.15) is 0 Å². The molecule has 0 spiro atoms. The fraction of sp³-hybridized carbons (Fsp3) is 0.889. The molecule has 0 aromatic carbocycles. The van der Waals surface area contributed by atoms with E-state index in [9.17, 15) is 9.90 Å². The number of rotatable bonds is 1. The van der Waals surface area contributed by atoms with Crippen LogP contribution in [-0.2, 0) is 4.79 Å². The van der Waals surface area contributed by atoms with Crippen molar-refractivity contribution in [1.82, 2.24) is 0 Å². The molecule has 1 aliphatic rings. The first-order valence-corrected chi connectivity index (χ1v) is 4.13. The molecule has 0 aliphatic heterocycles. The highest BCUT2D eigenvalue weighted by Crippen LogP contribution is 2.58. The highest BCUT2D eigenvalue weighted by atomic mass is 16.4. The van der Waals surface area contributed by atoms with E-state index in [4.69, 9.17) is 5.11 Å². The molecule has 0 aromatic rings. The smallest absolute Gasteiger partial charge is 0.307 e. The number of carboxylic acid groups (broad SMARTS) is 1. The van der Waals surface area contributed by atoms with Crippen LogP contribution in [0, 0.1) is 16.7 Å². The predicted octanol–water partition coefficient (Wildman–Crippen LogP) is 1.11. The number of aliphatic carboxylic acids is 1. The zero-order chi connectivity index (χ0) is 9.73. The largest absolute Gasteiger partial charge is 0.481 e. The van der Waals surface area contributed by atoms with E-state index in [0.29, 0.717) is 0 Å². The Balaban J connectivity index is 2.94. The molecular weight excluding hydrogens is 156 g/mol. The molecule has 1 aliphatic carbocycles. The Morgan fingerprint density at radius 3 is 1.67 bits per heavy atom. The Bertz CT molecular complexity index is 202. The second kappa shape index (κ2) is 2.22. The van der Waals surface area contributed by atoms with Gasteiger partial charge in [0.1, 0.15) is 0 Å². The second-order valence-corrected chi connectivity index (χ2v) is 4.82. The van der Waals surface area contributed by atoms with E-state index in [1.54, 1.807) is 27.7 Å². The van der Waals surface area contributed by atoms with E-state index in [-0.39, 0.29) is 0 Å². The number of hydrogen-bond acceptors (Lipinski definition) is 2. The number of aliphatic hydroxyl groups excluding tert-OH is 1. The number of hydrogen-bond donors (Lipinski definition) is 2. The molecule has 1 saturated carbocycles. The number of carboxylic acids is 1. The highest BCUT2D eigenvalue weighted by Gasteiger charge is 2.64. The molecule has 12 heavy (non-hydrogen) atoms. The average molecular weight is 172 g/mol. The second-order valence-electron chi connectivity index (χ2n) is 4.82.